The summed E-state index contributed by atoms with van der Waals surface area (Å²) in [4.78, 5) is 29.1. The summed E-state index contributed by atoms with van der Waals surface area (Å²) in [6.45, 7) is 2.09. The van der Waals surface area contributed by atoms with E-state index in [4.69, 9.17) is 10.8 Å². The van der Waals surface area contributed by atoms with Crippen molar-refractivity contribution in [1.29, 1.82) is 0 Å². The molecule has 2 aromatic heterocycles. The van der Waals surface area contributed by atoms with Crippen LogP contribution in [0.25, 0.3) is 16.9 Å². The number of aromatic nitrogens is 3. The van der Waals surface area contributed by atoms with Crippen molar-refractivity contribution >= 4 is 11.8 Å². The highest BCUT2D eigenvalue weighted by Crippen LogP contribution is 2.21. The molecule has 8 heteroatoms. The number of pyridine rings is 1. The van der Waals surface area contributed by atoms with E-state index in [0.29, 0.717) is 5.56 Å². The third kappa shape index (κ3) is 6.86. The summed E-state index contributed by atoms with van der Waals surface area (Å²) in [5, 5.41) is 17.0. The van der Waals surface area contributed by atoms with Crippen LogP contribution in [0.3, 0.4) is 0 Å². The number of benzene rings is 3. The van der Waals surface area contributed by atoms with Crippen LogP contribution in [0.15, 0.2) is 104 Å². The summed E-state index contributed by atoms with van der Waals surface area (Å²) in [5.41, 5.74) is 13.1. The number of primary amides is 1. The minimum atomic E-state index is -0.873. The number of carbonyl (C=O) groups is 2. The van der Waals surface area contributed by atoms with Crippen molar-refractivity contribution < 1.29 is 14.7 Å². The zero-order valence-corrected chi connectivity index (χ0v) is 22.7. The number of aryl methyl sites for hydroxylation is 3. The number of nitrogens with zero attached hydrogens (tertiary/aromatic N) is 3. The minimum Gasteiger partial charge on any atom is -0.508 e. The molecule has 0 radical (unpaired) electrons. The first-order valence-corrected chi connectivity index (χ1v) is 13.4. The Morgan fingerprint density at radius 1 is 0.927 bits per heavy atom. The number of rotatable bonds is 10. The van der Waals surface area contributed by atoms with Crippen LogP contribution in [-0.2, 0) is 24.1 Å². The van der Waals surface area contributed by atoms with Crippen LogP contribution in [0.1, 0.15) is 32.6 Å². The van der Waals surface area contributed by atoms with Gasteiger partial charge in [0.15, 0.2) is 0 Å². The fourth-order valence-corrected chi connectivity index (χ4v) is 4.69. The monoisotopic (exact) mass is 545 g/mol. The first-order valence-electron chi connectivity index (χ1n) is 13.4. The van der Waals surface area contributed by atoms with E-state index in [1.54, 1.807) is 30.6 Å². The fraction of sp³-hybridized carbons (Fsp3) is 0.152. The van der Waals surface area contributed by atoms with Gasteiger partial charge in [0.2, 0.25) is 5.91 Å². The number of aromatic hydroxyl groups is 1. The minimum absolute atomic E-state index is 0.128. The van der Waals surface area contributed by atoms with Crippen molar-refractivity contribution in [2.45, 2.75) is 32.2 Å². The first-order chi connectivity index (χ1) is 19.9. The highest BCUT2D eigenvalue weighted by atomic mass is 16.3. The molecular weight excluding hydrogens is 514 g/mol. The fourth-order valence-electron chi connectivity index (χ4n) is 4.69. The third-order valence-corrected chi connectivity index (χ3v) is 7.06. The molecule has 4 N–H and O–H groups in total. The van der Waals surface area contributed by atoms with Crippen molar-refractivity contribution in [3.05, 3.63) is 131 Å². The molecule has 1 atom stereocenters. The molecule has 2 amide bonds. The average Bonchev–Trinajstić information content (AvgIpc) is 3.48. The van der Waals surface area contributed by atoms with E-state index in [1.807, 2.05) is 47.3 Å². The Labute approximate surface area is 238 Å². The lowest BCUT2D eigenvalue weighted by molar-refractivity contribution is -0.119. The molecule has 8 nitrogen and oxygen atoms in total. The van der Waals surface area contributed by atoms with Gasteiger partial charge in [0.25, 0.3) is 5.91 Å². The maximum atomic E-state index is 13.0. The number of phenols is 1. The van der Waals surface area contributed by atoms with Crippen molar-refractivity contribution in [1.82, 2.24) is 20.1 Å². The van der Waals surface area contributed by atoms with Gasteiger partial charge in [-0.05, 0) is 96.6 Å². The van der Waals surface area contributed by atoms with Gasteiger partial charge in [0, 0.05) is 36.1 Å². The number of nitrogens with one attached hydrogen (secondary N) is 1. The van der Waals surface area contributed by atoms with E-state index >= 15 is 0 Å². The SMILES string of the molecule is Cc1ccc(-n2ccc(-c3ccncc3)n2)cc1CCc1cccc(C(=O)NC(Cc2ccc(O)cc2)C(N)=O)c1. The second-order valence-electron chi connectivity index (χ2n) is 9.99. The number of hydrogen-bond acceptors (Lipinski definition) is 5. The van der Waals surface area contributed by atoms with Gasteiger partial charge in [-0.25, -0.2) is 4.68 Å². The lowest BCUT2D eigenvalue weighted by atomic mass is 9.98. The van der Waals surface area contributed by atoms with Gasteiger partial charge in [-0.3, -0.25) is 14.6 Å². The van der Waals surface area contributed by atoms with Gasteiger partial charge in [-0.2, -0.15) is 5.10 Å². The number of hydrogen-bond donors (Lipinski definition) is 3. The highest BCUT2D eigenvalue weighted by molar-refractivity contribution is 5.97. The van der Waals surface area contributed by atoms with Crippen LogP contribution in [0.2, 0.25) is 0 Å². The molecule has 0 aliphatic heterocycles. The van der Waals surface area contributed by atoms with Gasteiger partial charge in [-0.1, -0.05) is 30.3 Å². The molecule has 5 rings (SSSR count). The highest BCUT2D eigenvalue weighted by Gasteiger charge is 2.20. The first kappa shape index (κ1) is 27.3. The smallest absolute Gasteiger partial charge is 0.251 e. The van der Waals surface area contributed by atoms with Crippen LogP contribution in [0, 0.1) is 6.92 Å². The van der Waals surface area contributed by atoms with Crippen LogP contribution < -0.4 is 11.1 Å². The van der Waals surface area contributed by atoms with E-state index in [2.05, 4.69) is 35.4 Å². The van der Waals surface area contributed by atoms with E-state index in [-0.39, 0.29) is 18.1 Å². The number of nitrogens with two attached hydrogens (primary N) is 1. The largest absolute Gasteiger partial charge is 0.508 e. The summed E-state index contributed by atoms with van der Waals surface area (Å²) in [5.74, 6) is -0.858. The molecule has 0 aliphatic rings. The maximum Gasteiger partial charge on any atom is 0.251 e. The van der Waals surface area contributed by atoms with Crippen molar-refractivity contribution in [3.63, 3.8) is 0 Å². The molecule has 1 unspecified atom stereocenters. The number of carbonyl (C=O) groups excluding carboxylic acids is 2. The van der Waals surface area contributed by atoms with Crippen LogP contribution in [0.4, 0.5) is 0 Å². The Balaban J connectivity index is 1.25. The Morgan fingerprint density at radius 3 is 2.46 bits per heavy atom. The molecule has 41 heavy (non-hydrogen) atoms. The predicted octanol–water partition coefficient (Wildman–Crippen LogP) is 4.56. The average molecular weight is 546 g/mol. The van der Waals surface area contributed by atoms with Gasteiger partial charge >= 0.3 is 0 Å². The molecule has 5 aromatic rings. The topological polar surface area (TPSA) is 123 Å². The molecule has 0 saturated heterocycles. The molecule has 206 valence electrons. The van der Waals surface area contributed by atoms with Gasteiger partial charge in [0.1, 0.15) is 11.8 Å². The van der Waals surface area contributed by atoms with Crippen molar-refractivity contribution in [3.8, 4) is 22.7 Å². The van der Waals surface area contributed by atoms with E-state index < -0.39 is 11.9 Å². The summed E-state index contributed by atoms with van der Waals surface area (Å²) in [6.07, 6.45) is 7.22. The second kappa shape index (κ2) is 12.3. The van der Waals surface area contributed by atoms with E-state index in [9.17, 15) is 14.7 Å². The Hall–Kier alpha value is -5.24. The number of amides is 2. The summed E-state index contributed by atoms with van der Waals surface area (Å²) < 4.78 is 1.87. The zero-order chi connectivity index (χ0) is 28.8. The molecule has 0 fully saturated rings. The predicted molar refractivity (Wildman–Crippen MR) is 158 cm³/mol. The molecule has 0 spiro atoms. The Kier molecular flexibility index (Phi) is 8.20. The van der Waals surface area contributed by atoms with E-state index in [1.165, 1.54) is 23.3 Å². The van der Waals surface area contributed by atoms with Crippen LogP contribution >= 0.6 is 0 Å². The molecule has 0 saturated carbocycles. The molecule has 2 heterocycles. The van der Waals surface area contributed by atoms with Crippen molar-refractivity contribution in [2.75, 3.05) is 0 Å². The van der Waals surface area contributed by atoms with E-state index in [0.717, 1.165) is 40.9 Å². The summed E-state index contributed by atoms with van der Waals surface area (Å²) in [7, 11) is 0. The summed E-state index contributed by atoms with van der Waals surface area (Å²) in [6, 6.07) is 25.2. The molecule has 0 bridgehead atoms. The Morgan fingerprint density at radius 2 is 1.71 bits per heavy atom. The quantitative estimate of drug-likeness (QED) is 0.237. The lowest BCUT2D eigenvalue weighted by Gasteiger charge is -2.16. The normalized spacial score (nSPS) is 11.6. The third-order valence-electron chi connectivity index (χ3n) is 7.06. The zero-order valence-electron chi connectivity index (χ0n) is 22.7. The second-order valence-corrected chi connectivity index (χ2v) is 9.99. The molecular formula is C33H31N5O3. The maximum absolute atomic E-state index is 13.0. The molecule has 3 aromatic carbocycles. The van der Waals surface area contributed by atoms with Gasteiger partial charge in [-0.15, -0.1) is 0 Å². The van der Waals surface area contributed by atoms with Crippen molar-refractivity contribution in [2.24, 2.45) is 5.73 Å². The van der Waals surface area contributed by atoms with Gasteiger partial charge < -0.3 is 16.2 Å². The molecule has 0 aliphatic carbocycles. The Bertz CT molecular complexity index is 1660. The van der Waals surface area contributed by atoms with Crippen LogP contribution in [-0.4, -0.2) is 37.7 Å². The summed E-state index contributed by atoms with van der Waals surface area (Å²) >= 11 is 0. The van der Waals surface area contributed by atoms with Gasteiger partial charge in [0.05, 0.1) is 11.4 Å². The lowest BCUT2D eigenvalue weighted by Crippen LogP contribution is -2.45. The van der Waals surface area contributed by atoms with Crippen LogP contribution in [0.5, 0.6) is 5.75 Å². The standard InChI is InChI=1S/C33H31N5O3/c1-22-5-10-28(38-18-15-30(37-38)25-13-16-35-17-14-25)21-26(22)9-6-23-3-2-4-27(19-23)33(41)36-31(32(34)40)20-24-7-11-29(39)12-8-24/h2-5,7-8,10-19,21,31,39H,6,9,20H2,1H3,(H2,34,40)(H,36,41). The number of phenolic OH excluding ortho intramolecular Hbond substituents is 1.